The Morgan fingerprint density at radius 2 is 1.93 bits per heavy atom. The Hall–Kier alpha value is -2.61. The normalized spacial score (nSPS) is 19.7. The third-order valence-electron chi connectivity index (χ3n) is 5.58. The maximum absolute atomic E-state index is 12.5. The molecule has 164 valence electrons. The molecule has 0 radical (unpaired) electrons. The van der Waals surface area contributed by atoms with Crippen molar-refractivity contribution in [2.45, 2.75) is 25.4 Å². The molecule has 1 aromatic rings. The molecule has 1 atom stereocenters. The first kappa shape index (κ1) is 22.1. The molecule has 2 saturated heterocycles. The van der Waals surface area contributed by atoms with E-state index in [-0.39, 0.29) is 17.9 Å². The van der Waals surface area contributed by atoms with E-state index in [2.05, 4.69) is 15.2 Å². The van der Waals surface area contributed by atoms with E-state index in [9.17, 15) is 9.59 Å². The number of hydrogen-bond acceptors (Lipinski definition) is 4. The van der Waals surface area contributed by atoms with Crippen LogP contribution in [-0.4, -0.2) is 99.1 Å². The minimum atomic E-state index is -0.246. The van der Waals surface area contributed by atoms with Crippen LogP contribution in [0.1, 0.15) is 28.8 Å². The average molecular weight is 416 g/mol. The largest absolute Gasteiger partial charge is 0.368 e. The summed E-state index contributed by atoms with van der Waals surface area (Å²) in [5.74, 6) is 0.984. The second kappa shape index (κ2) is 10.4. The highest BCUT2D eigenvalue weighted by atomic mass is 16.5. The third kappa shape index (κ3) is 5.50. The highest BCUT2D eigenvalue weighted by molar-refractivity contribution is 5.94. The highest BCUT2D eigenvalue weighted by Gasteiger charge is 2.30. The van der Waals surface area contributed by atoms with Gasteiger partial charge in [-0.25, -0.2) is 0 Å². The molecule has 0 aliphatic carbocycles. The molecule has 2 aliphatic heterocycles. The molecule has 1 N–H and O–H groups in total. The molecule has 2 amide bonds. The van der Waals surface area contributed by atoms with Crippen molar-refractivity contribution < 1.29 is 14.3 Å². The SMILES string of the molecule is CN=C(NCCc1cccc(C(=O)N(C)C)c1)N1CCN(C(=O)C2CCCO2)CC1. The number of aliphatic imine (C=N–C) groups is 1. The van der Waals surface area contributed by atoms with Gasteiger partial charge in [-0.15, -0.1) is 0 Å². The summed E-state index contributed by atoms with van der Waals surface area (Å²) in [4.78, 5) is 34.7. The molecule has 2 aliphatic rings. The van der Waals surface area contributed by atoms with Gasteiger partial charge in [-0.1, -0.05) is 12.1 Å². The van der Waals surface area contributed by atoms with E-state index in [4.69, 9.17) is 4.74 Å². The van der Waals surface area contributed by atoms with Gasteiger partial charge in [0.15, 0.2) is 5.96 Å². The molecule has 0 saturated carbocycles. The van der Waals surface area contributed by atoms with Crippen molar-refractivity contribution in [2.75, 3.05) is 60.5 Å². The quantitative estimate of drug-likeness (QED) is 0.569. The summed E-state index contributed by atoms with van der Waals surface area (Å²) in [7, 11) is 5.30. The lowest BCUT2D eigenvalue weighted by Gasteiger charge is -2.37. The Morgan fingerprint density at radius 3 is 2.57 bits per heavy atom. The number of benzene rings is 1. The lowest BCUT2D eigenvalue weighted by atomic mass is 10.1. The van der Waals surface area contributed by atoms with Crippen LogP contribution >= 0.6 is 0 Å². The summed E-state index contributed by atoms with van der Waals surface area (Å²) < 4.78 is 5.53. The predicted molar refractivity (Wildman–Crippen MR) is 117 cm³/mol. The summed E-state index contributed by atoms with van der Waals surface area (Å²) in [5, 5.41) is 3.41. The van der Waals surface area contributed by atoms with Gasteiger partial charge in [0.1, 0.15) is 6.10 Å². The fourth-order valence-electron chi connectivity index (χ4n) is 3.88. The summed E-state index contributed by atoms with van der Waals surface area (Å²) in [6.07, 6.45) is 2.36. The zero-order valence-electron chi connectivity index (χ0n) is 18.3. The number of nitrogens with zero attached hydrogens (tertiary/aromatic N) is 4. The number of hydrogen-bond donors (Lipinski definition) is 1. The van der Waals surface area contributed by atoms with Crippen molar-refractivity contribution in [3.8, 4) is 0 Å². The number of carbonyl (C=O) groups excluding carboxylic acids is 2. The molecule has 8 nitrogen and oxygen atoms in total. The van der Waals surface area contributed by atoms with Gasteiger partial charge in [-0.05, 0) is 37.0 Å². The van der Waals surface area contributed by atoms with E-state index >= 15 is 0 Å². The Kier molecular flexibility index (Phi) is 7.68. The maximum atomic E-state index is 12.5. The summed E-state index contributed by atoms with van der Waals surface area (Å²) in [6.45, 7) is 4.30. The van der Waals surface area contributed by atoms with Gasteiger partial charge >= 0.3 is 0 Å². The molecule has 0 bridgehead atoms. The van der Waals surface area contributed by atoms with E-state index in [1.807, 2.05) is 29.2 Å². The predicted octanol–water partition coefficient (Wildman–Crippen LogP) is 0.830. The minimum Gasteiger partial charge on any atom is -0.368 e. The maximum Gasteiger partial charge on any atom is 0.253 e. The molecule has 2 heterocycles. The van der Waals surface area contributed by atoms with E-state index in [0.29, 0.717) is 25.3 Å². The molecule has 2 fully saturated rings. The van der Waals surface area contributed by atoms with E-state index < -0.39 is 0 Å². The van der Waals surface area contributed by atoms with Crippen molar-refractivity contribution in [3.05, 3.63) is 35.4 Å². The number of guanidine groups is 1. The van der Waals surface area contributed by atoms with Crippen LogP contribution in [0.5, 0.6) is 0 Å². The topological polar surface area (TPSA) is 77.5 Å². The standard InChI is InChI=1S/C22H33N5O3/c1-23-22(24-10-9-17-6-4-7-18(16-17)20(28)25(2)3)27-13-11-26(12-14-27)21(29)19-8-5-15-30-19/h4,6-7,16,19H,5,8-15H2,1-3H3,(H,23,24). The molecule has 0 aromatic heterocycles. The molecule has 30 heavy (non-hydrogen) atoms. The first-order valence-electron chi connectivity index (χ1n) is 10.7. The number of nitrogens with one attached hydrogen (secondary N) is 1. The average Bonchev–Trinajstić information content (AvgIpc) is 3.31. The number of amides is 2. The first-order chi connectivity index (χ1) is 14.5. The van der Waals surface area contributed by atoms with Gasteiger partial charge in [0.05, 0.1) is 0 Å². The van der Waals surface area contributed by atoms with E-state index in [1.54, 1.807) is 26.0 Å². The van der Waals surface area contributed by atoms with Gasteiger partial charge in [-0.3, -0.25) is 14.6 Å². The van der Waals surface area contributed by atoms with Gasteiger partial charge in [0.2, 0.25) is 0 Å². The first-order valence-corrected chi connectivity index (χ1v) is 10.7. The third-order valence-corrected chi connectivity index (χ3v) is 5.58. The van der Waals surface area contributed by atoms with Crippen molar-refractivity contribution in [3.63, 3.8) is 0 Å². The number of piperazine rings is 1. The van der Waals surface area contributed by atoms with Crippen molar-refractivity contribution in [1.29, 1.82) is 0 Å². The number of rotatable bonds is 5. The fraction of sp³-hybridized carbons (Fsp3) is 0.591. The zero-order chi connectivity index (χ0) is 21.5. The van der Waals surface area contributed by atoms with Crippen LogP contribution in [0.2, 0.25) is 0 Å². The molecular formula is C22H33N5O3. The molecular weight excluding hydrogens is 382 g/mol. The van der Waals surface area contributed by atoms with Crippen LogP contribution in [-0.2, 0) is 16.0 Å². The van der Waals surface area contributed by atoms with Crippen LogP contribution in [0.25, 0.3) is 0 Å². The molecule has 1 unspecified atom stereocenters. The van der Waals surface area contributed by atoms with Crippen LogP contribution < -0.4 is 5.32 Å². The fourth-order valence-corrected chi connectivity index (χ4v) is 3.88. The Balaban J connectivity index is 1.46. The molecule has 1 aromatic carbocycles. The molecule has 8 heteroatoms. The summed E-state index contributed by atoms with van der Waals surface area (Å²) >= 11 is 0. The van der Waals surface area contributed by atoms with Crippen molar-refractivity contribution in [2.24, 2.45) is 4.99 Å². The van der Waals surface area contributed by atoms with E-state index in [1.165, 1.54) is 0 Å². The number of ether oxygens (including phenoxy) is 1. The second-order valence-electron chi connectivity index (χ2n) is 7.94. The zero-order valence-corrected chi connectivity index (χ0v) is 18.3. The lowest BCUT2D eigenvalue weighted by molar-refractivity contribution is -0.142. The van der Waals surface area contributed by atoms with Gasteiger partial charge in [-0.2, -0.15) is 0 Å². The highest BCUT2D eigenvalue weighted by Crippen LogP contribution is 2.16. The lowest BCUT2D eigenvalue weighted by Crippen LogP contribution is -2.55. The van der Waals surface area contributed by atoms with E-state index in [0.717, 1.165) is 50.4 Å². The van der Waals surface area contributed by atoms with Crippen molar-refractivity contribution in [1.82, 2.24) is 20.0 Å². The minimum absolute atomic E-state index is 0.0102. The summed E-state index contributed by atoms with van der Waals surface area (Å²) in [6, 6.07) is 7.75. The molecule has 3 rings (SSSR count). The van der Waals surface area contributed by atoms with Gasteiger partial charge in [0, 0.05) is 66.0 Å². The Morgan fingerprint density at radius 1 is 1.20 bits per heavy atom. The number of carbonyl (C=O) groups is 2. The van der Waals surface area contributed by atoms with Crippen LogP contribution in [0, 0.1) is 0 Å². The summed E-state index contributed by atoms with van der Waals surface area (Å²) in [5.41, 5.74) is 1.81. The van der Waals surface area contributed by atoms with Crippen LogP contribution in [0.4, 0.5) is 0 Å². The van der Waals surface area contributed by atoms with Gasteiger partial charge in [0.25, 0.3) is 11.8 Å². The van der Waals surface area contributed by atoms with Gasteiger partial charge < -0.3 is 24.8 Å². The Labute approximate surface area is 178 Å². The second-order valence-corrected chi connectivity index (χ2v) is 7.94. The monoisotopic (exact) mass is 415 g/mol. The Bertz CT molecular complexity index is 766. The van der Waals surface area contributed by atoms with Crippen LogP contribution in [0.15, 0.2) is 29.3 Å². The van der Waals surface area contributed by atoms with Crippen molar-refractivity contribution >= 4 is 17.8 Å². The van der Waals surface area contributed by atoms with Crippen LogP contribution in [0.3, 0.4) is 0 Å². The smallest absolute Gasteiger partial charge is 0.253 e. The molecule has 0 spiro atoms.